The highest BCUT2D eigenvalue weighted by Crippen LogP contribution is 2.08. The predicted octanol–water partition coefficient (Wildman–Crippen LogP) is 2.45. The van der Waals surface area contributed by atoms with Gasteiger partial charge in [0.1, 0.15) is 5.69 Å². The Hall–Kier alpha value is -1.29. The second-order valence-electron chi connectivity index (χ2n) is 2.56. The van der Waals surface area contributed by atoms with Gasteiger partial charge in [0, 0.05) is 18.6 Å². The maximum atomic E-state index is 4.13. The summed E-state index contributed by atoms with van der Waals surface area (Å²) < 4.78 is 0. The SMILES string of the molecule is CSC.c1ccc(-c2ncc[nH]2)nc1. The molecule has 0 aromatic carbocycles. The fraction of sp³-hybridized carbons (Fsp3) is 0.200. The summed E-state index contributed by atoms with van der Waals surface area (Å²) in [5.41, 5.74) is 0.873. The highest BCUT2D eigenvalue weighted by Gasteiger charge is 1.96. The lowest BCUT2D eigenvalue weighted by molar-refractivity contribution is 1.22. The van der Waals surface area contributed by atoms with E-state index in [4.69, 9.17) is 0 Å². The number of H-pyrrole nitrogens is 1. The molecule has 0 fully saturated rings. The molecule has 0 aliphatic carbocycles. The van der Waals surface area contributed by atoms with Gasteiger partial charge < -0.3 is 4.98 Å². The minimum Gasteiger partial charge on any atom is -0.343 e. The van der Waals surface area contributed by atoms with Crippen LogP contribution in [0.25, 0.3) is 11.5 Å². The molecule has 0 spiro atoms. The van der Waals surface area contributed by atoms with Gasteiger partial charge in [-0.25, -0.2) is 4.98 Å². The van der Waals surface area contributed by atoms with E-state index in [2.05, 4.69) is 15.0 Å². The van der Waals surface area contributed by atoms with Crippen molar-refractivity contribution in [3.05, 3.63) is 36.8 Å². The van der Waals surface area contributed by atoms with E-state index in [0.717, 1.165) is 11.5 Å². The van der Waals surface area contributed by atoms with Gasteiger partial charge in [-0.3, -0.25) is 4.98 Å². The third-order valence-corrected chi connectivity index (χ3v) is 1.41. The molecule has 0 aliphatic rings. The van der Waals surface area contributed by atoms with Gasteiger partial charge in [0.25, 0.3) is 0 Å². The molecule has 0 radical (unpaired) electrons. The smallest absolute Gasteiger partial charge is 0.155 e. The van der Waals surface area contributed by atoms with E-state index < -0.39 is 0 Å². The van der Waals surface area contributed by atoms with E-state index in [0.29, 0.717) is 0 Å². The molecule has 0 saturated carbocycles. The summed E-state index contributed by atoms with van der Waals surface area (Å²) >= 11 is 1.75. The Kier molecular flexibility index (Phi) is 4.78. The second-order valence-corrected chi connectivity index (χ2v) is 3.38. The monoisotopic (exact) mass is 207 g/mol. The first kappa shape index (κ1) is 10.8. The molecule has 0 unspecified atom stereocenters. The van der Waals surface area contributed by atoms with Crippen molar-refractivity contribution in [2.45, 2.75) is 0 Å². The van der Waals surface area contributed by atoms with Crippen LogP contribution in [-0.2, 0) is 0 Å². The minimum absolute atomic E-state index is 0.811. The first-order valence-electron chi connectivity index (χ1n) is 4.19. The zero-order chi connectivity index (χ0) is 10.2. The molecule has 1 N–H and O–H groups in total. The zero-order valence-corrected chi connectivity index (χ0v) is 9.08. The third-order valence-electron chi connectivity index (χ3n) is 1.41. The Morgan fingerprint density at radius 3 is 2.43 bits per heavy atom. The van der Waals surface area contributed by atoms with Gasteiger partial charge in [-0.2, -0.15) is 11.8 Å². The summed E-state index contributed by atoms with van der Waals surface area (Å²) in [6.07, 6.45) is 9.33. The van der Waals surface area contributed by atoms with Crippen LogP contribution in [0.4, 0.5) is 0 Å². The third kappa shape index (κ3) is 3.22. The average Bonchev–Trinajstić information content (AvgIpc) is 2.73. The molecule has 3 nitrogen and oxygen atoms in total. The quantitative estimate of drug-likeness (QED) is 0.781. The van der Waals surface area contributed by atoms with Gasteiger partial charge in [-0.15, -0.1) is 0 Å². The van der Waals surface area contributed by atoms with Crippen molar-refractivity contribution >= 4 is 11.8 Å². The van der Waals surface area contributed by atoms with Crippen LogP contribution < -0.4 is 0 Å². The highest BCUT2D eigenvalue weighted by molar-refractivity contribution is 7.97. The molecule has 14 heavy (non-hydrogen) atoms. The number of hydrogen-bond acceptors (Lipinski definition) is 3. The fourth-order valence-electron chi connectivity index (χ4n) is 0.908. The number of hydrogen-bond donors (Lipinski definition) is 1. The molecular weight excluding hydrogens is 194 g/mol. The number of nitrogens with zero attached hydrogens (tertiary/aromatic N) is 2. The van der Waals surface area contributed by atoms with Crippen LogP contribution in [0.15, 0.2) is 36.8 Å². The largest absolute Gasteiger partial charge is 0.343 e. The fourth-order valence-corrected chi connectivity index (χ4v) is 0.908. The maximum absolute atomic E-state index is 4.13. The minimum atomic E-state index is 0.811. The molecular formula is C10H13N3S. The molecule has 0 amide bonds. The standard InChI is InChI=1S/C8H7N3.C2H6S/c1-2-4-9-7(3-1)8-10-5-6-11-8;1-3-2/h1-6H,(H,10,11);1-2H3. The van der Waals surface area contributed by atoms with Crippen LogP contribution in [0.3, 0.4) is 0 Å². The van der Waals surface area contributed by atoms with Gasteiger partial charge in [-0.05, 0) is 24.6 Å². The predicted molar refractivity (Wildman–Crippen MR) is 61.3 cm³/mol. The lowest BCUT2D eigenvalue weighted by Gasteiger charge is -1.91. The van der Waals surface area contributed by atoms with Gasteiger partial charge in [0.05, 0.1) is 0 Å². The average molecular weight is 207 g/mol. The summed E-state index contributed by atoms with van der Waals surface area (Å²) in [6.45, 7) is 0. The number of aromatic nitrogens is 3. The first-order valence-corrected chi connectivity index (χ1v) is 5.82. The molecule has 0 aliphatic heterocycles. The summed E-state index contributed by atoms with van der Waals surface area (Å²) in [5.74, 6) is 0.811. The Morgan fingerprint density at radius 1 is 1.14 bits per heavy atom. The van der Waals surface area contributed by atoms with Crippen molar-refractivity contribution in [2.24, 2.45) is 0 Å². The molecule has 4 heteroatoms. The number of pyridine rings is 1. The number of rotatable bonds is 1. The van der Waals surface area contributed by atoms with Gasteiger partial charge in [0.15, 0.2) is 5.82 Å². The molecule has 2 heterocycles. The molecule has 2 aromatic rings. The van der Waals surface area contributed by atoms with Gasteiger partial charge in [0.2, 0.25) is 0 Å². The van der Waals surface area contributed by atoms with Crippen molar-refractivity contribution in [2.75, 3.05) is 12.5 Å². The molecule has 0 atom stereocenters. The van der Waals surface area contributed by atoms with Gasteiger partial charge >= 0.3 is 0 Å². The van der Waals surface area contributed by atoms with E-state index in [1.54, 1.807) is 30.4 Å². The number of nitrogens with one attached hydrogen (secondary N) is 1. The lowest BCUT2D eigenvalue weighted by Crippen LogP contribution is -1.82. The van der Waals surface area contributed by atoms with Crippen LogP contribution in [-0.4, -0.2) is 27.5 Å². The van der Waals surface area contributed by atoms with Crippen molar-refractivity contribution in [1.82, 2.24) is 15.0 Å². The second kappa shape index (κ2) is 6.21. The summed E-state index contributed by atoms with van der Waals surface area (Å²) in [6, 6.07) is 5.73. The van der Waals surface area contributed by atoms with E-state index in [1.807, 2.05) is 30.7 Å². The van der Waals surface area contributed by atoms with E-state index >= 15 is 0 Å². The zero-order valence-electron chi connectivity index (χ0n) is 8.27. The van der Waals surface area contributed by atoms with Crippen molar-refractivity contribution in [1.29, 1.82) is 0 Å². The van der Waals surface area contributed by atoms with Crippen molar-refractivity contribution in [3.8, 4) is 11.5 Å². The van der Waals surface area contributed by atoms with E-state index in [1.165, 1.54) is 0 Å². The van der Waals surface area contributed by atoms with Crippen molar-refractivity contribution in [3.63, 3.8) is 0 Å². The van der Waals surface area contributed by atoms with Gasteiger partial charge in [-0.1, -0.05) is 6.07 Å². The number of imidazole rings is 1. The molecule has 2 rings (SSSR count). The summed E-state index contributed by atoms with van der Waals surface area (Å²) in [4.78, 5) is 11.2. The van der Waals surface area contributed by atoms with Crippen molar-refractivity contribution < 1.29 is 0 Å². The molecule has 0 bridgehead atoms. The van der Waals surface area contributed by atoms with Crippen LogP contribution in [0, 0.1) is 0 Å². The van der Waals surface area contributed by atoms with Crippen LogP contribution in [0.1, 0.15) is 0 Å². The molecule has 2 aromatic heterocycles. The Labute approximate surface area is 88.0 Å². The van der Waals surface area contributed by atoms with E-state index in [-0.39, 0.29) is 0 Å². The number of aromatic amines is 1. The first-order chi connectivity index (χ1) is 6.88. The molecule has 0 saturated heterocycles. The number of thioether (sulfide) groups is 1. The Morgan fingerprint density at radius 2 is 1.93 bits per heavy atom. The topological polar surface area (TPSA) is 41.6 Å². The Bertz CT molecular complexity index is 332. The maximum Gasteiger partial charge on any atom is 0.155 e. The summed E-state index contributed by atoms with van der Waals surface area (Å²) in [5, 5.41) is 0. The molecule has 74 valence electrons. The Balaban J connectivity index is 0.000000293. The van der Waals surface area contributed by atoms with Crippen LogP contribution >= 0.6 is 11.8 Å². The lowest BCUT2D eigenvalue weighted by atomic mass is 10.3. The van der Waals surface area contributed by atoms with Crippen LogP contribution in [0.2, 0.25) is 0 Å². The highest BCUT2D eigenvalue weighted by atomic mass is 32.2. The normalized spacial score (nSPS) is 9.00. The van der Waals surface area contributed by atoms with Crippen LogP contribution in [0.5, 0.6) is 0 Å². The van der Waals surface area contributed by atoms with E-state index in [9.17, 15) is 0 Å². The summed E-state index contributed by atoms with van der Waals surface area (Å²) in [7, 11) is 0.